The minimum atomic E-state index is -0.448. The van der Waals surface area contributed by atoms with E-state index in [1.807, 2.05) is 0 Å². The van der Waals surface area contributed by atoms with Gasteiger partial charge >= 0.3 is 0 Å². The average Bonchev–Trinajstić information content (AvgIpc) is 2.85. The van der Waals surface area contributed by atoms with Gasteiger partial charge in [-0.25, -0.2) is 0 Å². The highest BCUT2D eigenvalue weighted by molar-refractivity contribution is 4.89. The first kappa shape index (κ1) is 11.3. The first-order valence-corrected chi connectivity index (χ1v) is 5.57. The molecule has 15 heavy (non-hydrogen) atoms. The van der Waals surface area contributed by atoms with E-state index < -0.39 is 6.10 Å². The van der Waals surface area contributed by atoms with Gasteiger partial charge in [-0.15, -0.1) is 0 Å². The fraction of sp³-hybridized carbons (Fsp3) is 1.00. The Morgan fingerprint density at radius 1 is 1.20 bits per heavy atom. The molecule has 0 radical (unpaired) electrons. The van der Waals surface area contributed by atoms with Gasteiger partial charge in [0.15, 0.2) is 6.29 Å². The third-order valence-electron chi connectivity index (χ3n) is 3.20. The highest BCUT2D eigenvalue weighted by Gasteiger charge is 2.34. The highest BCUT2D eigenvalue weighted by atomic mass is 16.7. The lowest BCUT2D eigenvalue weighted by Crippen LogP contribution is -2.34. The summed E-state index contributed by atoms with van der Waals surface area (Å²) >= 11 is 0. The van der Waals surface area contributed by atoms with Crippen LogP contribution in [0.3, 0.4) is 0 Å². The Morgan fingerprint density at radius 2 is 1.93 bits per heavy atom. The Balaban J connectivity index is 1.70. The lowest BCUT2D eigenvalue weighted by Gasteiger charge is -2.18. The van der Waals surface area contributed by atoms with E-state index in [1.54, 1.807) is 0 Å². The molecule has 3 atom stereocenters. The third kappa shape index (κ3) is 2.68. The molecule has 0 spiro atoms. The molecule has 0 amide bonds. The number of hydrogen-bond acceptors (Lipinski definition) is 5. The van der Waals surface area contributed by atoms with E-state index in [0.717, 1.165) is 19.4 Å². The second kappa shape index (κ2) is 5.23. The van der Waals surface area contributed by atoms with E-state index in [9.17, 15) is 5.11 Å². The second-order valence-corrected chi connectivity index (χ2v) is 4.20. The van der Waals surface area contributed by atoms with Crippen LogP contribution in [-0.4, -0.2) is 55.0 Å². The van der Waals surface area contributed by atoms with Gasteiger partial charge in [-0.3, -0.25) is 0 Å². The topological polar surface area (TPSA) is 71.0 Å². The number of ether oxygens (including phenoxy) is 2. The van der Waals surface area contributed by atoms with Crippen molar-refractivity contribution in [3.05, 3.63) is 0 Å². The summed E-state index contributed by atoms with van der Waals surface area (Å²) in [6.07, 6.45) is 1.15. The fourth-order valence-electron chi connectivity index (χ4n) is 2.24. The van der Waals surface area contributed by atoms with Crippen LogP contribution in [0.1, 0.15) is 12.8 Å². The van der Waals surface area contributed by atoms with Crippen LogP contribution in [0.15, 0.2) is 0 Å². The third-order valence-corrected chi connectivity index (χ3v) is 3.20. The first-order valence-electron chi connectivity index (χ1n) is 5.57. The van der Waals surface area contributed by atoms with E-state index in [-0.39, 0.29) is 24.9 Å². The smallest absolute Gasteiger partial charge is 0.157 e. The lowest BCUT2D eigenvalue weighted by atomic mass is 9.97. The maximum Gasteiger partial charge on any atom is 0.157 e. The molecule has 2 heterocycles. The molecular weight excluding hydrogens is 198 g/mol. The molecular formula is C10H19NO4. The molecule has 0 aromatic rings. The molecule has 0 aromatic heterocycles. The summed E-state index contributed by atoms with van der Waals surface area (Å²) in [4.78, 5) is 0. The Kier molecular flexibility index (Phi) is 3.93. The molecule has 88 valence electrons. The molecule has 2 rings (SSSR count). The zero-order valence-electron chi connectivity index (χ0n) is 8.76. The zero-order valence-corrected chi connectivity index (χ0v) is 8.76. The van der Waals surface area contributed by atoms with Gasteiger partial charge in [-0.05, 0) is 18.8 Å². The Hall–Kier alpha value is -0.200. The summed E-state index contributed by atoms with van der Waals surface area (Å²) in [5, 5.41) is 21.9. The van der Waals surface area contributed by atoms with Crippen molar-refractivity contribution in [3.8, 4) is 0 Å². The van der Waals surface area contributed by atoms with Crippen LogP contribution in [0.25, 0.3) is 0 Å². The van der Waals surface area contributed by atoms with E-state index in [1.165, 1.54) is 0 Å². The molecule has 3 unspecified atom stereocenters. The average molecular weight is 217 g/mol. The van der Waals surface area contributed by atoms with Crippen LogP contribution < -0.4 is 5.32 Å². The van der Waals surface area contributed by atoms with Crippen LogP contribution in [-0.2, 0) is 9.47 Å². The largest absolute Gasteiger partial charge is 0.395 e. The lowest BCUT2D eigenvalue weighted by molar-refractivity contribution is -0.0526. The SMILES string of the molecule is OCC1NCC(CCC2OCCO2)C1O. The Morgan fingerprint density at radius 3 is 2.53 bits per heavy atom. The first-order chi connectivity index (χ1) is 7.31. The van der Waals surface area contributed by atoms with E-state index in [2.05, 4.69) is 5.32 Å². The molecule has 2 saturated heterocycles. The van der Waals surface area contributed by atoms with Gasteiger partial charge in [0.25, 0.3) is 0 Å². The molecule has 3 N–H and O–H groups in total. The standard InChI is InChI=1S/C10H19NO4/c12-6-8-10(13)7(5-11-8)1-2-9-14-3-4-15-9/h7-13H,1-6H2. The van der Waals surface area contributed by atoms with Crippen LogP contribution in [0.4, 0.5) is 0 Å². The highest BCUT2D eigenvalue weighted by Crippen LogP contribution is 2.22. The molecule has 0 bridgehead atoms. The molecule has 0 aliphatic carbocycles. The number of nitrogens with one attached hydrogen (secondary N) is 1. The summed E-state index contributed by atoms with van der Waals surface area (Å²) in [6, 6.07) is -0.166. The van der Waals surface area contributed by atoms with Crippen molar-refractivity contribution in [2.24, 2.45) is 5.92 Å². The van der Waals surface area contributed by atoms with Crippen LogP contribution >= 0.6 is 0 Å². The van der Waals surface area contributed by atoms with Gasteiger partial charge < -0.3 is 25.0 Å². The number of rotatable bonds is 4. The van der Waals surface area contributed by atoms with Gasteiger partial charge in [-0.1, -0.05) is 0 Å². The van der Waals surface area contributed by atoms with Crippen LogP contribution in [0.2, 0.25) is 0 Å². The fourth-order valence-corrected chi connectivity index (χ4v) is 2.24. The summed E-state index contributed by atoms with van der Waals surface area (Å²) in [5.74, 6) is 0.204. The normalized spacial score (nSPS) is 37.6. The van der Waals surface area contributed by atoms with E-state index >= 15 is 0 Å². The maximum atomic E-state index is 9.82. The molecule has 5 heteroatoms. The molecule has 2 aliphatic heterocycles. The van der Waals surface area contributed by atoms with Gasteiger partial charge in [0.2, 0.25) is 0 Å². The van der Waals surface area contributed by atoms with Crippen molar-refractivity contribution in [3.63, 3.8) is 0 Å². The van der Waals surface area contributed by atoms with Crippen LogP contribution in [0, 0.1) is 5.92 Å². The maximum absolute atomic E-state index is 9.82. The van der Waals surface area contributed by atoms with E-state index in [4.69, 9.17) is 14.6 Å². The minimum Gasteiger partial charge on any atom is -0.395 e. The van der Waals surface area contributed by atoms with Gasteiger partial charge in [-0.2, -0.15) is 0 Å². The van der Waals surface area contributed by atoms with Crippen LogP contribution in [0.5, 0.6) is 0 Å². The number of aliphatic hydroxyl groups excluding tert-OH is 2. The summed E-state index contributed by atoms with van der Waals surface area (Å²) in [7, 11) is 0. The summed E-state index contributed by atoms with van der Waals surface area (Å²) in [5.41, 5.74) is 0. The summed E-state index contributed by atoms with van der Waals surface area (Å²) < 4.78 is 10.7. The molecule has 0 aromatic carbocycles. The van der Waals surface area contributed by atoms with Crippen molar-refractivity contribution >= 4 is 0 Å². The molecule has 5 nitrogen and oxygen atoms in total. The van der Waals surface area contributed by atoms with Crippen molar-refractivity contribution in [2.75, 3.05) is 26.4 Å². The molecule has 2 fully saturated rings. The van der Waals surface area contributed by atoms with E-state index in [0.29, 0.717) is 13.2 Å². The zero-order chi connectivity index (χ0) is 10.7. The quantitative estimate of drug-likeness (QED) is 0.568. The van der Waals surface area contributed by atoms with Crippen molar-refractivity contribution in [1.82, 2.24) is 5.32 Å². The van der Waals surface area contributed by atoms with Gasteiger partial charge in [0.1, 0.15) is 0 Å². The Labute approximate surface area is 89.4 Å². The molecule has 0 saturated carbocycles. The predicted octanol–water partition coefficient (Wildman–Crippen LogP) is -0.919. The van der Waals surface area contributed by atoms with Crippen molar-refractivity contribution < 1.29 is 19.7 Å². The minimum absolute atomic E-state index is 0.00586. The van der Waals surface area contributed by atoms with Gasteiger partial charge in [0.05, 0.1) is 32.0 Å². The van der Waals surface area contributed by atoms with Gasteiger partial charge in [0, 0.05) is 6.54 Å². The monoisotopic (exact) mass is 217 g/mol. The predicted molar refractivity (Wildman–Crippen MR) is 53.3 cm³/mol. The van der Waals surface area contributed by atoms with Crippen molar-refractivity contribution in [1.29, 1.82) is 0 Å². The number of hydrogen-bond donors (Lipinski definition) is 3. The molecule has 2 aliphatic rings. The number of aliphatic hydroxyl groups is 2. The summed E-state index contributed by atoms with van der Waals surface area (Å²) in [6.45, 7) is 2.11. The Bertz CT molecular complexity index is 196. The second-order valence-electron chi connectivity index (χ2n) is 4.20. The van der Waals surface area contributed by atoms with Crippen molar-refractivity contribution in [2.45, 2.75) is 31.3 Å².